The highest BCUT2D eigenvalue weighted by Crippen LogP contribution is 2.74. The lowest BCUT2D eigenvalue weighted by molar-refractivity contribution is -0.191. The van der Waals surface area contributed by atoms with E-state index in [1.54, 1.807) is 0 Å². The van der Waals surface area contributed by atoms with E-state index in [0.29, 0.717) is 0 Å². The largest absolute Gasteiger partial charge is 0.469 e. The molecule has 37 heavy (non-hydrogen) atoms. The number of Topliss-reactive ketones (excluding diaryl/α,β-unsaturated/α-hetero) is 1. The minimum Gasteiger partial charge on any atom is -0.469 e. The van der Waals surface area contributed by atoms with Gasteiger partial charge in [0.1, 0.15) is 6.07 Å². The molecule has 200 valence electrons. The predicted octanol–water partition coefficient (Wildman–Crippen LogP) is 6.38. The van der Waals surface area contributed by atoms with E-state index >= 15 is 0 Å². The van der Waals surface area contributed by atoms with E-state index in [4.69, 9.17) is 4.74 Å². The van der Waals surface area contributed by atoms with Crippen LogP contribution in [0, 0.1) is 61.6 Å². The molecule has 3 saturated carbocycles. The van der Waals surface area contributed by atoms with E-state index in [-0.39, 0.29) is 57.1 Å². The van der Waals surface area contributed by atoms with Crippen LogP contribution in [0.15, 0.2) is 23.3 Å². The summed E-state index contributed by atoms with van der Waals surface area (Å²) in [5.41, 5.74) is -1.02. The first kappa shape index (κ1) is 26.4. The molecule has 5 aliphatic rings. The summed E-state index contributed by atoms with van der Waals surface area (Å²) in [6.45, 7) is 15.2. The lowest BCUT2D eigenvalue weighted by Crippen LogP contribution is -2.65. The third-order valence-corrected chi connectivity index (χ3v) is 12.5. The Morgan fingerprint density at radius 2 is 1.65 bits per heavy atom. The predicted molar refractivity (Wildman–Crippen MR) is 141 cm³/mol. The van der Waals surface area contributed by atoms with Crippen molar-refractivity contribution in [2.24, 2.45) is 50.2 Å². The Balaban J connectivity index is 1.71. The van der Waals surface area contributed by atoms with Crippen LogP contribution < -0.4 is 0 Å². The van der Waals surface area contributed by atoms with Gasteiger partial charge in [0, 0.05) is 16.7 Å². The summed E-state index contributed by atoms with van der Waals surface area (Å²) in [7, 11) is 1.48. The van der Waals surface area contributed by atoms with Crippen LogP contribution in [0.3, 0.4) is 0 Å². The number of allylic oxidation sites excluding steroid dienone is 4. The molecule has 0 radical (unpaired) electrons. The van der Waals surface area contributed by atoms with Crippen LogP contribution in [-0.4, -0.2) is 24.6 Å². The van der Waals surface area contributed by atoms with Gasteiger partial charge in [-0.2, -0.15) is 5.26 Å². The van der Waals surface area contributed by atoms with Crippen molar-refractivity contribution in [1.82, 2.24) is 0 Å². The van der Waals surface area contributed by atoms with Gasteiger partial charge in [-0.3, -0.25) is 14.4 Å². The molecular formula is C32H43NO4. The maximum Gasteiger partial charge on any atom is 0.312 e. The first-order valence-electron chi connectivity index (χ1n) is 14.1. The molecule has 3 fully saturated rings. The van der Waals surface area contributed by atoms with Crippen molar-refractivity contribution in [3.05, 3.63) is 23.3 Å². The monoisotopic (exact) mass is 505 g/mol. The summed E-state index contributed by atoms with van der Waals surface area (Å²) in [5.74, 6) is -0.376. The van der Waals surface area contributed by atoms with E-state index in [1.807, 2.05) is 26.0 Å². The number of esters is 1. The van der Waals surface area contributed by atoms with Gasteiger partial charge in [-0.1, -0.05) is 60.1 Å². The van der Waals surface area contributed by atoms with E-state index in [1.165, 1.54) is 7.11 Å². The number of carbonyl (C=O) groups is 3. The third kappa shape index (κ3) is 3.11. The number of fused-ring (bicyclic) bond motifs is 7. The number of nitriles is 1. The zero-order valence-electron chi connectivity index (χ0n) is 23.9. The van der Waals surface area contributed by atoms with Crippen LogP contribution in [0.2, 0.25) is 0 Å². The number of hydrogen-bond donors (Lipinski definition) is 0. The van der Waals surface area contributed by atoms with Crippen molar-refractivity contribution in [2.75, 3.05) is 7.11 Å². The van der Waals surface area contributed by atoms with Gasteiger partial charge in [-0.05, 0) is 79.1 Å². The molecule has 1 unspecified atom stereocenters. The molecule has 5 rings (SSSR count). The standard InChI is InChI=1S/C32H43NO4/c1-27(2)11-13-32(26(36)37-8)14-12-31(7)24(20(32)17-27)21(34)15-23-29(5)16-19(18-33)25(35)28(3,4)22(29)9-10-30(23,31)6/h15-16,20,22,24H,9-14,17H2,1-8H3/t20-,22?,24-,29-,30+,31+,32-/m0/s1. The summed E-state index contributed by atoms with van der Waals surface area (Å²) in [4.78, 5) is 40.9. The molecule has 0 saturated heterocycles. The van der Waals surface area contributed by atoms with Crippen LogP contribution in [0.4, 0.5) is 0 Å². The summed E-state index contributed by atoms with van der Waals surface area (Å²) >= 11 is 0. The first-order chi connectivity index (χ1) is 17.0. The van der Waals surface area contributed by atoms with Crippen LogP contribution >= 0.6 is 0 Å². The lowest BCUT2D eigenvalue weighted by Gasteiger charge is -2.68. The van der Waals surface area contributed by atoms with Crippen molar-refractivity contribution in [3.63, 3.8) is 0 Å². The summed E-state index contributed by atoms with van der Waals surface area (Å²) in [6.07, 6.45) is 9.65. The Morgan fingerprint density at radius 1 is 1.00 bits per heavy atom. The number of hydrogen-bond acceptors (Lipinski definition) is 5. The number of carbonyl (C=O) groups excluding carboxylic acids is 3. The minimum atomic E-state index is -0.669. The lowest BCUT2D eigenvalue weighted by atomic mass is 9.34. The second kappa shape index (κ2) is 7.67. The zero-order valence-corrected chi connectivity index (χ0v) is 23.9. The number of nitrogens with zero attached hydrogens (tertiary/aromatic N) is 1. The Kier molecular flexibility index (Phi) is 5.47. The molecule has 0 aromatic carbocycles. The van der Waals surface area contributed by atoms with Gasteiger partial charge in [0.15, 0.2) is 11.6 Å². The summed E-state index contributed by atoms with van der Waals surface area (Å²) < 4.78 is 5.41. The average Bonchev–Trinajstić information content (AvgIpc) is 2.82. The van der Waals surface area contributed by atoms with Crippen LogP contribution in [0.1, 0.15) is 93.4 Å². The van der Waals surface area contributed by atoms with Crippen molar-refractivity contribution in [1.29, 1.82) is 5.26 Å². The Morgan fingerprint density at radius 3 is 2.27 bits per heavy atom. The number of ether oxygens (including phenoxy) is 1. The second-order valence-corrected chi connectivity index (χ2v) is 14.9. The highest BCUT2D eigenvalue weighted by Gasteiger charge is 2.71. The smallest absolute Gasteiger partial charge is 0.312 e. The molecular weight excluding hydrogens is 462 g/mol. The van der Waals surface area contributed by atoms with Gasteiger partial charge in [-0.15, -0.1) is 0 Å². The maximum atomic E-state index is 14.4. The quantitative estimate of drug-likeness (QED) is 0.386. The maximum absolute atomic E-state index is 14.4. The van der Waals surface area contributed by atoms with Crippen molar-refractivity contribution < 1.29 is 19.1 Å². The summed E-state index contributed by atoms with van der Waals surface area (Å²) in [5, 5.41) is 9.86. The van der Waals surface area contributed by atoms with Crippen molar-refractivity contribution in [3.8, 4) is 6.07 Å². The highest BCUT2D eigenvalue weighted by molar-refractivity contribution is 6.04. The van der Waals surface area contributed by atoms with Gasteiger partial charge in [-0.25, -0.2) is 0 Å². The molecule has 0 heterocycles. The van der Waals surface area contributed by atoms with Crippen LogP contribution in [0.25, 0.3) is 0 Å². The molecule has 0 aromatic heterocycles. The topological polar surface area (TPSA) is 84.2 Å². The molecule has 5 nitrogen and oxygen atoms in total. The van der Waals surface area contributed by atoms with E-state index in [2.05, 4.69) is 40.7 Å². The molecule has 7 atom stereocenters. The fourth-order valence-corrected chi connectivity index (χ4v) is 10.2. The van der Waals surface area contributed by atoms with E-state index < -0.39 is 16.2 Å². The van der Waals surface area contributed by atoms with Crippen LogP contribution in [-0.2, 0) is 19.1 Å². The van der Waals surface area contributed by atoms with Crippen LogP contribution in [0.5, 0.6) is 0 Å². The van der Waals surface area contributed by atoms with Gasteiger partial charge in [0.2, 0.25) is 0 Å². The molecule has 0 amide bonds. The highest BCUT2D eigenvalue weighted by atomic mass is 16.5. The summed E-state index contributed by atoms with van der Waals surface area (Å²) in [6, 6.07) is 2.17. The van der Waals surface area contributed by atoms with Gasteiger partial charge >= 0.3 is 5.97 Å². The SMILES string of the molecule is COC(=O)[C@]12CCC(C)(C)C[C@H]1[C@H]1C(=O)C=C3[C@@]4(C)C=C(C#N)C(=O)C(C)(C)C4CC[C@@]3(C)[C@]1(C)CC2. The molecule has 0 N–H and O–H groups in total. The average molecular weight is 506 g/mol. The second-order valence-electron chi connectivity index (χ2n) is 14.9. The van der Waals surface area contributed by atoms with Gasteiger partial charge in [0.05, 0.1) is 18.1 Å². The fraction of sp³-hybridized carbons (Fsp3) is 0.750. The molecule has 5 aliphatic carbocycles. The third-order valence-electron chi connectivity index (χ3n) is 12.5. The van der Waals surface area contributed by atoms with Crippen molar-refractivity contribution in [2.45, 2.75) is 93.4 Å². The molecule has 5 heteroatoms. The first-order valence-corrected chi connectivity index (χ1v) is 14.1. The van der Waals surface area contributed by atoms with Crippen molar-refractivity contribution >= 4 is 17.5 Å². The van der Waals surface area contributed by atoms with Gasteiger partial charge in [0.25, 0.3) is 0 Å². The molecule has 0 spiro atoms. The normalized spacial score (nSPS) is 45.6. The molecule has 0 bridgehead atoms. The number of methoxy groups -OCH3 is 1. The van der Waals surface area contributed by atoms with E-state index in [9.17, 15) is 19.6 Å². The van der Waals surface area contributed by atoms with Gasteiger partial charge < -0.3 is 4.74 Å². The number of rotatable bonds is 1. The number of ketones is 2. The fourth-order valence-electron chi connectivity index (χ4n) is 10.2. The Bertz CT molecular complexity index is 1200. The minimum absolute atomic E-state index is 0.0308. The van der Waals surface area contributed by atoms with E-state index in [0.717, 1.165) is 50.5 Å². The Hall–Kier alpha value is -2.22. The zero-order chi connectivity index (χ0) is 27.4. The molecule has 0 aliphatic heterocycles. The molecule has 0 aromatic rings. The Labute approximate surface area is 222 Å².